The minimum absolute atomic E-state index is 0.122. The van der Waals surface area contributed by atoms with Crippen molar-refractivity contribution in [3.63, 3.8) is 0 Å². The van der Waals surface area contributed by atoms with Gasteiger partial charge in [0, 0.05) is 5.69 Å². The summed E-state index contributed by atoms with van der Waals surface area (Å²) in [6.07, 6.45) is 1.85. The van der Waals surface area contributed by atoms with Gasteiger partial charge in [0.05, 0.1) is 10.8 Å². The Morgan fingerprint density at radius 3 is 2.59 bits per heavy atom. The van der Waals surface area contributed by atoms with Crippen LogP contribution in [0.5, 0.6) is 0 Å². The molecule has 5 heteroatoms. The van der Waals surface area contributed by atoms with E-state index in [9.17, 15) is 9.59 Å². The van der Waals surface area contributed by atoms with Crippen LogP contribution in [0.25, 0.3) is 0 Å². The van der Waals surface area contributed by atoms with Crippen molar-refractivity contribution in [2.24, 2.45) is 0 Å². The number of thioether (sulfide) groups is 1. The zero-order valence-electron chi connectivity index (χ0n) is 9.98. The molecule has 17 heavy (non-hydrogen) atoms. The molecule has 0 aromatic heterocycles. The normalized spacial score (nSPS) is 11.9. The third-order valence-electron chi connectivity index (χ3n) is 2.47. The van der Waals surface area contributed by atoms with E-state index in [1.807, 2.05) is 13.2 Å². The molecule has 2 N–H and O–H groups in total. The molecule has 0 fully saturated rings. The van der Waals surface area contributed by atoms with Gasteiger partial charge in [-0.15, -0.1) is 0 Å². The smallest absolute Gasteiger partial charge is 0.335 e. The van der Waals surface area contributed by atoms with E-state index in [0.717, 1.165) is 5.56 Å². The van der Waals surface area contributed by atoms with Crippen molar-refractivity contribution in [3.8, 4) is 0 Å². The molecule has 1 unspecified atom stereocenters. The van der Waals surface area contributed by atoms with Gasteiger partial charge in [-0.05, 0) is 37.8 Å². The van der Waals surface area contributed by atoms with Gasteiger partial charge in [-0.1, -0.05) is 6.07 Å². The Balaban J connectivity index is 2.94. The molecule has 0 aliphatic rings. The first kappa shape index (κ1) is 13.6. The summed E-state index contributed by atoms with van der Waals surface area (Å²) >= 11 is 1.44. The van der Waals surface area contributed by atoms with Crippen LogP contribution in [0.4, 0.5) is 5.69 Å². The van der Waals surface area contributed by atoms with Gasteiger partial charge in [0.1, 0.15) is 0 Å². The van der Waals surface area contributed by atoms with Crippen LogP contribution in [0.1, 0.15) is 22.8 Å². The van der Waals surface area contributed by atoms with Crippen molar-refractivity contribution in [2.75, 3.05) is 11.6 Å². The number of hydrogen-bond donors (Lipinski definition) is 2. The number of nitrogens with one attached hydrogen (secondary N) is 1. The molecule has 0 aliphatic carbocycles. The average Bonchev–Trinajstić information content (AvgIpc) is 2.30. The predicted molar refractivity (Wildman–Crippen MR) is 69.7 cm³/mol. The summed E-state index contributed by atoms with van der Waals surface area (Å²) in [5.74, 6) is -1.12. The Hall–Kier alpha value is -1.49. The molecule has 1 atom stereocenters. The van der Waals surface area contributed by atoms with Crippen molar-refractivity contribution >= 4 is 29.3 Å². The maximum Gasteiger partial charge on any atom is 0.335 e. The molecule has 1 aromatic carbocycles. The fourth-order valence-electron chi connectivity index (χ4n) is 1.23. The van der Waals surface area contributed by atoms with Crippen molar-refractivity contribution in [1.29, 1.82) is 0 Å². The van der Waals surface area contributed by atoms with Gasteiger partial charge in [-0.3, -0.25) is 4.79 Å². The van der Waals surface area contributed by atoms with Crippen LogP contribution in [0.2, 0.25) is 0 Å². The second-order valence-corrected chi connectivity index (χ2v) is 4.88. The van der Waals surface area contributed by atoms with Crippen molar-refractivity contribution in [2.45, 2.75) is 19.1 Å². The number of carbonyl (C=O) groups is 2. The number of amides is 1. The Labute approximate surface area is 104 Å². The third-order valence-corrected chi connectivity index (χ3v) is 3.39. The number of carboxylic acid groups (broad SMARTS) is 1. The minimum Gasteiger partial charge on any atom is -0.478 e. The summed E-state index contributed by atoms with van der Waals surface area (Å²) in [6.45, 7) is 3.63. The Morgan fingerprint density at radius 1 is 1.41 bits per heavy atom. The van der Waals surface area contributed by atoms with E-state index in [1.54, 1.807) is 13.0 Å². The van der Waals surface area contributed by atoms with Crippen LogP contribution in [-0.2, 0) is 4.79 Å². The SMILES string of the molecule is CSC(C)C(=O)Nc1cc(C(=O)O)ccc1C. The lowest BCUT2D eigenvalue weighted by atomic mass is 10.1. The lowest BCUT2D eigenvalue weighted by Crippen LogP contribution is -2.22. The molecule has 0 saturated carbocycles. The Kier molecular flexibility index (Phi) is 4.57. The zero-order chi connectivity index (χ0) is 13.0. The zero-order valence-corrected chi connectivity index (χ0v) is 10.8. The predicted octanol–water partition coefficient (Wildman–Crippen LogP) is 2.38. The maximum atomic E-state index is 11.7. The van der Waals surface area contributed by atoms with Crippen LogP contribution >= 0.6 is 11.8 Å². The van der Waals surface area contributed by atoms with Gasteiger partial charge in [0.25, 0.3) is 0 Å². The van der Waals surface area contributed by atoms with E-state index in [1.165, 1.54) is 23.9 Å². The van der Waals surface area contributed by atoms with Gasteiger partial charge in [0.2, 0.25) is 5.91 Å². The van der Waals surface area contributed by atoms with Crippen LogP contribution in [-0.4, -0.2) is 28.5 Å². The molecule has 1 aromatic rings. The quantitative estimate of drug-likeness (QED) is 0.864. The number of anilines is 1. The molecule has 0 saturated heterocycles. The van der Waals surface area contributed by atoms with E-state index in [-0.39, 0.29) is 16.7 Å². The summed E-state index contributed by atoms with van der Waals surface area (Å²) < 4.78 is 0. The van der Waals surface area contributed by atoms with Gasteiger partial charge in [-0.25, -0.2) is 4.79 Å². The fourth-order valence-corrected chi connectivity index (χ4v) is 1.50. The molecule has 0 aliphatic heterocycles. The number of aromatic carboxylic acids is 1. The molecule has 4 nitrogen and oxygen atoms in total. The van der Waals surface area contributed by atoms with Crippen molar-refractivity contribution in [1.82, 2.24) is 0 Å². The molecule has 0 heterocycles. The number of hydrogen-bond acceptors (Lipinski definition) is 3. The van der Waals surface area contributed by atoms with E-state index in [0.29, 0.717) is 5.69 Å². The number of benzene rings is 1. The number of carboxylic acids is 1. The Morgan fingerprint density at radius 2 is 2.06 bits per heavy atom. The van der Waals surface area contributed by atoms with Crippen LogP contribution in [0.3, 0.4) is 0 Å². The van der Waals surface area contributed by atoms with Crippen molar-refractivity contribution in [3.05, 3.63) is 29.3 Å². The molecule has 1 amide bonds. The van der Waals surface area contributed by atoms with E-state index in [2.05, 4.69) is 5.32 Å². The van der Waals surface area contributed by atoms with E-state index >= 15 is 0 Å². The number of aryl methyl sites for hydroxylation is 1. The van der Waals surface area contributed by atoms with Crippen LogP contribution in [0, 0.1) is 6.92 Å². The first-order valence-corrected chi connectivity index (χ1v) is 6.42. The monoisotopic (exact) mass is 253 g/mol. The fraction of sp³-hybridized carbons (Fsp3) is 0.333. The molecule has 0 spiro atoms. The highest BCUT2D eigenvalue weighted by molar-refractivity contribution is 7.99. The second-order valence-electron chi connectivity index (χ2n) is 3.70. The second kappa shape index (κ2) is 5.72. The van der Waals surface area contributed by atoms with Crippen LogP contribution < -0.4 is 5.32 Å². The largest absolute Gasteiger partial charge is 0.478 e. The van der Waals surface area contributed by atoms with Gasteiger partial charge in [0.15, 0.2) is 0 Å². The van der Waals surface area contributed by atoms with Gasteiger partial charge >= 0.3 is 5.97 Å². The highest BCUT2D eigenvalue weighted by atomic mass is 32.2. The standard InChI is InChI=1S/C12H15NO3S/c1-7-4-5-9(12(15)16)6-10(7)13-11(14)8(2)17-3/h4-6,8H,1-3H3,(H,13,14)(H,15,16). The summed E-state index contributed by atoms with van der Waals surface area (Å²) in [7, 11) is 0. The van der Waals surface area contributed by atoms with E-state index in [4.69, 9.17) is 5.11 Å². The lowest BCUT2D eigenvalue weighted by molar-refractivity contribution is -0.115. The highest BCUT2D eigenvalue weighted by Crippen LogP contribution is 2.18. The molecular formula is C12H15NO3S. The topological polar surface area (TPSA) is 66.4 Å². The first-order chi connectivity index (χ1) is 7.95. The molecule has 0 radical (unpaired) electrons. The van der Waals surface area contributed by atoms with Gasteiger partial charge < -0.3 is 10.4 Å². The summed E-state index contributed by atoms with van der Waals surface area (Å²) in [6, 6.07) is 4.68. The molecule has 1 rings (SSSR count). The van der Waals surface area contributed by atoms with Gasteiger partial charge in [-0.2, -0.15) is 11.8 Å². The summed E-state index contributed by atoms with van der Waals surface area (Å²) in [5.41, 5.74) is 1.56. The van der Waals surface area contributed by atoms with E-state index < -0.39 is 5.97 Å². The Bertz CT molecular complexity index is 445. The average molecular weight is 253 g/mol. The first-order valence-electron chi connectivity index (χ1n) is 5.13. The number of rotatable bonds is 4. The molecule has 0 bridgehead atoms. The molecule has 92 valence electrons. The third kappa shape index (κ3) is 3.49. The van der Waals surface area contributed by atoms with Crippen LogP contribution in [0.15, 0.2) is 18.2 Å². The maximum absolute atomic E-state index is 11.7. The van der Waals surface area contributed by atoms with Crippen molar-refractivity contribution < 1.29 is 14.7 Å². The summed E-state index contributed by atoms with van der Waals surface area (Å²) in [5, 5.41) is 11.4. The minimum atomic E-state index is -1.00. The highest BCUT2D eigenvalue weighted by Gasteiger charge is 2.13. The molecular weight excluding hydrogens is 238 g/mol. The number of carbonyl (C=O) groups excluding carboxylic acids is 1. The lowest BCUT2D eigenvalue weighted by Gasteiger charge is -2.12. The summed E-state index contributed by atoms with van der Waals surface area (Å²) in [4.78, 5) is 22.5.